The predicted octanol–water partition coefficient (Wildman–Crippen LogP) is 1.74. The van der Waals surface area contributed by atoms with Crippen LogP contribution in [0.3, 0.4) is 0 Å². The van der Waals surface area contributed by atoms with Crippen LogP contribution in [0.25, 0.3) is 0 Å². The molecule has 0 radical (unpaired) electrons. The molecule has 0 aromatic carbocycles. The van der Waals surface area contributed by atoms with Crippen LogP contribution in [-0.2, 0) is 4.74 Å². The van der Waals surface area contributed by atoms with E-state index in [1.165, 1.54) is 51.6 Å². The number of aliphatic imine (C=N–C) groups is 1. The predicted molar refractivity (Wildman–Crippen MR) is 90.3 cm³/mol. The fourth-order valence-corrected chi connectivity index (χ4v) is 3.95. The lowest BCUT2D eigenvalue weighted by molar-refractivity contribution is 0.0992. The number of ether oxygens (including phenoxy) is 1. The minimum Gasteiger partial charge on any atom is -0.373 e. The van der Waals surface area contributed by atoms with E-state index < -0.39 is 0 Å². The van der Waals surface area contributed by atoms with Crippen LogP contribution in [0.1, 0.15) is 51.9 Å². The number of likely N-dealkylation sites (tertiary alicyclic amines) is 1. The van der Waals surface area contributed by atoms with Crippen molar-refractivity contribution in [3.63, 3.8) is 0 Å². The van der Waals surface area contributed by atoms with Crippen LogP contribution in [0.15, 0.2) is 4.99 Å². The number of fused-ring (bicyclic) bond motifs is 2. The molecule has 3 heterocycles. The van der Waals surface area contributed by atoms with E-state index in [2.05, 4.69) is 22.5 Å². The third-order valence-corrected chi connectivity index (χ3v) is 5.16. The number of hydrogen-bond acceptors (Lipinski definition) is 3. The van der Waals surface area contributed by atoms with Crippen molar-refractivity contribution in [1.82, 2.24) is 15.5 Å². The summed E-state index contributed by atoms with van der Waals surface area (Å²) in [6.07, 6.45) is 9.97. The molecule has 22 heavy (non-hydrogen) atoms. The van der Waals surface area contributed by atoms with Gasteiger partial charge in [-0.25, -0.2) is 0 Å². The number of nitrogens with one attached hydrogen (secondary N) is 2. The molecule has 0 aliphatic carbocycles. The van der Waals surface area contributed by atoms with Crippen LogP contribution in [0, 0.1) is 0 Å². The lowest BCUT2D eigenvalue weighted by Crippen LogP contribution is -2.47. The van der Waals surface area contributed by atoms with E-state index in [-0.39, 0.29) is 0 Å². The van der Waals surface area contributed by atoms with Crippen LogP contribution < -0.4 is 10.6 Å². The summed E-state index contributed by atoms with van der Waals surface area (Å²) in [5.41, 5.74) is 0. The smallest absolute Gasteiger partial charge is 0.191 e. The summed E-state index contributed by atoms with van der Waals surface area (Å²) in [5.74, 6) is 0.971. The highest BCUT2D eigenvalue weighted by atomic mass is 16.5. The van der Waals surface area contributed by atoms with Crippen molar-refractivity contribution in [1.29, 1.82) is 0 Å². The largest absolute Gasteiger partial charge is 0.373 e. The lowest BCUT2D eigenvalue weighted by Gasteiger charge is -2.23. The van der Waals surface area contributed by atoms with E-state index in [1.807, 2.05) is 0 Å². The highest BCUT2D eigenvalue weighted by Crippen LogP contribution is 2.34. The Morgan fingerprint density at radius 2 is 2.00 bits per heavy atom. The summed E-state index contributed by atoms with van der Waals surface area (Å²) >= 11 is 0. The second kappa shape index (κ2) is 8.16. The summed E-state index contributed by atoms with van der Waals surface area (Å²) in [6.45, 7) is 7.51. The van der Waals surface area contributed by atoms with Gasteiger partial charge >= 0.3 is 0 Å². The zero-order valence-electron chi connectivity index (χ0n) is 14.0. The first-order chi connectivity index (χ1) is 10.8. The molecule has 3 aliphatic rings. The van der Waals surface area contributed by atoms with Gasteiger partial charge in [-0.15, -0.1) is 0 Å². The Morgan fingerprint density at radius 1 is 1.18 bits per heavy atom. The van der Waals surface area contributed by atoms with Gasteiger partial charge in [0.1, 0.15) is 0 Å². The normalized spacial score (nSPS) is 33.0. The Labute approximate surface area is 134 Å². The van der Waals surface area contributed by atoms with Crippen molar-refractivity contribution in [3.8, 4) is 0 Å². The van der Waals surface area contributed by atoms with Crippen molar-refractivity contribution < 1.29 is 4.74 Å². The highest BCUT2D eigenvalue weighted by molar-refractivity contribution is 5.80. The molecule has 3 aliphatic heterocycles. The Balaban J connectivity index is 1.45. The minimum absolute atomic E-state index is 0.402. The summed E-state index contributed by atoms with van der Waals surface area (Å²) in [4.78, 5) is 7.35. The van der Waals surface area contributed by atoms with Crippen LogP contribution in [0.5, 0.6) is 0 Å². The molecule has 5 nitrogen and oxygen atoms in total. The zero-order chi connectivity index (χ0) is 15.2. The maximum absolute atomic E-state index is 5.92. The fourth-order valence-electron chi connectivity index (χ4n) is 3.95. The molecule has 126 valence electrons. The van der Waals surface area contributed by atoms with Crippen LogP contribution in [0.2, 0.25) is 0 Å². The first-order valence-corrected chi connectivity index (χ1v) is 9.28. The summed E-state index contributed by atoms with van der Waals surface area (Å²) in [7, 11) is 0. The molecule has 3 unspecified atom stereocenters. The number of hydrogen-bond donors (Lipinski definition) is 2. The monoisotopic (exact) mass is 308 g/mol. The first kappa shape index (κ1) is 16.1. The summed E-state index contributed by atoms with van der Waals surface area (Å²) < 4.78 is 5.92. The molecular formula is C17H32N4O. The Hall–Kier alpha value is -0.810. The molecule has 0 aromatic heterocycles. The second-order valence-corrected chi connectivity index (χ2v) is 6.88. The third kappa shape index (κ3) is 4.35. The maximum Gasteiger partial charge on any atom is 0.191 e. The molecule has 0 saturated carbocycles. The van der Waals surface area contributed by atoms with Gasteiger partial charge in [-0.05, 0) is 52.1 Å². The van der Waals surface area contributed by atoms with Gasteiger partial charge in [0.15, 0.2) is 5.96 Å². The Bertz CT molecular complexity index is 366. The molecule has 0 spiro atoms. The van der Waals surface area contributed by atoms with E-state index >= 15 is 0 Å². The van der Waals surface area contributed by atoms with Crippen molar-refractivity contribution >= 4 is 5.96 Å². The fraction of sp³-hybridized carbons (Fsp3) is 0.941. The molecule has 5 heteroatoms. The standard InChI is InChI=1S/C17H32N4O/c1-2-18-17(20-15-13-14-7-8-16(15)22-14)19-9-12-21-10-5-3-4-6-11-21/h14-16H,2-13H2,1H3,(H2,18,19,20). The van der Waals surface area contributed by atoms with Gasteiger partial charge in [0.05, 0.1) is 24.8 Å². The van der Waals surface area contributed by atoms with Gasteiger partial charge in [0, 0.05) is 13.1 Å². The molecule has 2 bridgehead atoms. The third-order valence-electron chi connectivity index (χ3n) is 5.16. The van der Waals surface area contributed by atoms with Gasteiger partial charge in [0.25, 0.3) is 0 Å². The second-order valence-electron chi connectivity index (χ2n) is 6.88. The maximum atomic E-state index is 5.92. The lowest BCUT2D eigenvalue weighted by atomic mass is 9.96. The van der Waals surface area contributed by atoms with E-state index in [4.69, 9.17) is 9.73 Å². The van der Waals surface area contributed by atoms with Crippen LogP contribution in [0.4, 0.5) is 0 Å². The van der Waals surface area contributed by atoms with Gasteiger partial charge in [-0.2, -0.15) is 0 Å². The quantitative estimate of drug-likeness (QED) is 0.600. The van der Waals surface area contributed by atoms with Gasteiger partial charge in [-0.3, -0.25) is 4.99 Å². The molecular weight excluding hydrogens is 276 g/mol. The molecule has 0 aromatic rings. The van der Waals surface area contributed by atoms with E-state index in [1.54, 1.807) is 0 Å². The van der Waals surface area contributed by atoms with Crippen LogP contribution in [-0.4, -0.2) is 61.8 Å². The highest BCUT2D eigenvalue weighted by Gasteiger charge is 2.41. The van der Waals surface area contributed by atoms with E-state index in [0.717, 1.165) is 32.0 Å². The number of nitrogens with zero attached hydrogens (tertiary/aromatic N) is 2. The summed E-state index contributed by atoms with van der Waals surface area (Å²) in [5, 5.41) is 6.98. The Morgan fingerprint density at radius 3 is 2.64 bits per heavy atom. The van der Waals surface area contributed by atoms with Gasteiger partial charge in [-0.1, -0.05) is 12.8 Å². The van der Waals surface area contributed by atoms with E-state index in [9.17, 15) is 0 Å². The van der Waals surface area contributed by atoms with Crippen molar-refractivity contribution in [2.75, 3.05) is 32.7 Å². The van der Waals surface area contributed by atoms with Gasteiger partial charge < -0.3 is 20.3 Å². The average molecular weight is 308 g/mol. The average Bonchev–Trinajstić information content (AvgIpc) is 3.03. The van der Waals surface area contributed by atoms with Crippen molar-refractivity contribution in [3.05, 3.63) is 0 Å². The number of rotatable bonds is 5. The molecule has 0 amide bonds. The molecule has 3 atom stereocenters. The number of guanidine groups is 1. The zero-order valence-corrected chi connectivity index (χ0v) is 14.0. The van der Waals surface area contributed by atoms with Crippen molar-refractivity contribution in [2.45, 2.75) is 70.1 Å². The minimum atomic E-state index is 0.402. The van der Waals surface area contributed by atoms with Crippen molar-refractivity contribution in [2.24, 2.45) is 4.99 Å². The topological polar surface area (TPSA) is 48.9 Å². The first-order valence-electron chi connectivity index (χ1n) is 9.28. The van der Waals surface area contributed by atoms with Crippen LogP contribution >= 0.6 is 0 Å². The molecule has 2 N–H and O–H groups in total. The Kier molecular flexibility index (Phi) is 5.96. The van der Waals surface area contributed by atoms with E-state index in [0.29, 0.717) is 18.2 Å². The molecule has 3 fully saturated rings. The summed E-state index contributed by atoms with van der Waals surface area (Å²) in [6, 6.07) is 0.453. The molecule has 3 saturated heterocycles. The SMILES string of the molecule is CCNC(=NCCN1CCCCCC1)NC1CC2CCC1O2. The molecule has 3 rings (SSSR count). The van der Waals surface area contributed by atoms with Gasteiger partial charge in [0.2, 0.25) is 0 Å².